The Hall–Kier alpha value is -1.80. The molecule has 2 aromatic carbocycles. The van der Waals surface area contributed by atoms with Crippen LogP contribution >= 0.6 is 0 Å². The van der Waals surface area contributed by atoms with Crippen LogP contribution in [0.15, 0.2) is 54.6 Å². The maximum absolute atomic E-state index is 5.85. The molecule has 0 spiro atoms. The molecule has 0 atom stereocenters. The molecule has 0 heterocycles. The number of unbranched alkanes of at least 4 members (excludes halogenated alkanes) is 1. The Labute approximate surface area is 122 Å². The molecule has 0 amide bonds. The highest BCUT2D eigenvalue weighted by molar-refractivity contribution is 5.47. The molecule has 0 fully saturated rings. The van der Waals surface area contributed by atoms with Gasteiger partial charge in [-0.3, -0.25) is 0 Å². The van der Waals surface area contributed by atoms with E-state index in [2.05, 4.69) is 66.4 Å². The molecule has 0 bridgehead atoms. The van der Waals surface area contributed by atoms with Crippen molar-refractivity contribution in [2.75, 3.05) is 11.4 Å². The quantitative estimate of drug-likeness (QED) is 0.823. The van der Waals surface area contributed by atoms with Crippen molar-refractivity contribution in [2.24, 2.45) is 5.73 Å². The summed E-state index contributed by atoms with van der Waals surface area (Å²) in [4.78, 5) is 2.44. The van der Waals surface area contributed by atoms with Crippen LogP contribution in [0.5, 0.6) is 0 Å². The first-order valence-corrected chi connectivity index (χ1v) is 7.42. The van der Waals surface area contributed by atoms with Gasteiger partial charge in [-0.05, 0) is 29.7 Å². The highest BCUT2D eigenvalue weighted by atomic mass is 15.1. The largest absolute Gasteiger partial charge is 0.367 e. The van der Waals surface area contributed by atoms with Crippen LogP contribution in [-0.2, 0) is 13.1 Å². The number of nitrogens with two attached hydrogens (primary N) is 1. The molecular weight excluding hydrogens is 244 g/mol. The minimum absolute atomic E-state index is 0.604. The molecule has 0 saturated carbocycles. The van der Waals surface area contributed by atoms with Gasteiger partial charge in [0.1, 0.15) is 0 Å². The number of benzene rings is 2. The summed E-state index contributed by atoms with van der Waals surface area (Å²) >= 11 is 0. The lowest BCUT2D eigenvalue weighted by atomic mass is 10.1. The molecule has 2 rings (SSSR count). The number of rotatable bonds is 7. The first kappa shape index (κ1) is 14.6. The van der Waals surface area contributed by atoms with E-state index in [1.807, 2.05) is 0 Å². The number of hydrogen-bond acceptors (Lipinski definition) is 2. The van der Waals surface area contributed by atoms with Gasteiger partial charge in [0, 0.05) is 25.3 Å². The molecule has 0 radical (unpaired) electrons. The molecule has 0 aliphatic heterocycles. The second-order valence-corrected chi connectivity index (χ2v) is 5.08. The second-order valence-electron chi connectivity index (χ2n) is 5.08. The van der Waals surface area contributed by atoms with E-state index in [1.165, 1.54) is 29.7 Å². The van der Waals surface area contributed by atoms with Crippen LogP contribution in [0.2, 0.25) is 0 Å². The fourth-order valence-electron chi connectivity index (χ4n) is 2.40. The molecule has 0 saturated heterocycles. The lowest BCUT2D eigenvalue weighted by Crippen LogP contribution is -2.24. The first-order chi connectivity index (χ1) is 9.85. The molecule has 20 heavy (non-hydrogen) atoms. The van der Waals surface area contributed by atoms with Crippen LogP contribution in [0.4, 0.5) is 5.69 Å². The Morgan fingerprint density at radius 3 is 2.20 bits per heavy atom. The van der Waals surface area contributed by atoms with E-state index in [9.17, 15) is 0 Å². The molecular formula is C18H24N2. The van der Waals surface area contributed by atoms with Gasteiger partial charge in [-0.25, -0.2) is 0 Å². The Morgan fingerprint density at radius 2 is 1.55 bits per heavy atom. The molecule has 2 N–H and O–H groups in total. The van der Waals surface area contributed by atoms with E-state index < -0.39 is 0 Å². The van der Waals surface area contributed by atoms with Crippen molar-refractivity contribution >= 4 is 5.69 Å². The Morgan fingerprint density at radius 1 is 0.900 bits per heavy atom. The minimum atomic E-state index is 0.604. The highest BCUT2D eigenvalue weighted by Gasteiger charge is 2.08. The van der Waals surface area contributed by atoms with Gasteiger partial charge < -0.3 is 10.6 Å². The van der Waals surface area contributed by atoms with E-state index in [0.29, 0.717) is 6.54 Å². The zero-order valence-corrected chi connectivity index (χ0v) is 12.3. The molecule has 0 unspecified atom stereocenters. The topological polar surface area (TPSA) is 29.3 Å². The van der Waals surface area contributed by atoms with Crippen LogP contribution in [0.25, 0.3) is 0 Å². The maximum Gasteiger partial charge on any atom is 0.0432 e. The van der Waals surface area contributed by atoms with Crippen molar-refractivity contribution in [3.8, 4) is 0 Å². The van der Waals surface area contributed by atoms with Crippen molar-refractivity contribution in [3.63, 3.8) is 0 Å². The second kappa shape index (κ2) is 7.71. The monoisotopic (exact) mass is 268 g/mol. The number of anilines is 1. The average molecular weight is 268 g/mol. The van der Waals surface area contributed by atoms with Gasteiger partial charge >= 0.3 is 0 Å². The third-order valence-corrected chi connectivity index (χ3v) is 3.60. The van der Waals surface area contributed by atoms with E-state index in [0.717, 1.165) is 13.1 Å². The number of nitrogens with zero attached hydrogens (tertiary/aromatic N) is 1. The molecule has 2 heteroatoms. The summed E-state index contributed by atoms with van der Waals surface area (Å²) in [6, 6.07) is 19.1. The Balaban J connectivity index is 2.19. The SMILES string of the molecule is CCCCN(Cc1ccccc1CN)c1ccccc1. The first-order valence-electron chi connectivity index (χ1n) is 7.42. The Bertz CT molecular complexity index is 508. The fourth-order valence-corrected chi connectivity index (χ4v) is 2.40. The van der Waals surface area contributed by atoms with Crippen molar-refractivity contribution in [3.05, 3.63) is 65.7 Å². The smallest absolute Gasteiger partial charge is 0.0432 e. The van der Waals surface area contributed by atoms with Crippen molar-refractivity contribution in [1.82, 2.24) is 0 Å². The van der Waals surface area contributed by atoms with E-state index in [4.69, 9.17) is 5.73 Å². The van der Waals surface area contributed by atoms with Gasteiger partial charge in [0.25, 0.3) is 0 Å². The van der Waals surface area contributed by atoms with Gasteiger partial charge in [-0.1, -0.05) is 55.8 Å². The number of para-hydroxylation sites is 1. The summed E-state index contributed by atoms with van der Waals surface area (Å²) in [5, 5.41) is 0. The van der Waals surface area contributed by atoms with Crippen LogP contribution in [0.1, 0.15) is 30.9 Å². The Kier molecular flexibility index (Phi) is 5.63. The van der Waals surface area contributed by atoms with E-state index in [1.54, 1.807) is 0 Å². The molecule has 0 aliphatic carbocycles. The lowest BCUT2D eigenvalue weighted by molar-refractivity contribution is 0.712. The summed E-state index contributed by atoms with van der Waals surface area (Å²) in [6.45, 7) is 4.85. The van der Waals surface area contributed by atoms with Crippen molar-refractivity contribution in [2.45, 2.75) is 32.9 Å². The zero-order valence-electron chi connectivity index (χ0n) is 12.3. The van der Waals surface area contributed by atoms with Gasteiger partial charge in [0.15, 0.2) is 0 Å². The highest BCUT2D eigenvalue weighted by Crippen LogP contribution is 2.19. The van der Waals surface area contributed by atoms with Gasteiger partial charge in [-0.2, -0.15) is 0 Å². The minimum Gasteiger partial charge on any atom is -0.367 e. The zero-order chi connectivity index (χ0) is 14.2. The molecule has 106 valence electrons. The predicted molar refractivity (Wildman–Crippen MR) is 86.7 cm³/mol. The van der Waals surface area contributed by atoms with Gasteiger partial charge in [0.2, 0.25) is 0 Å². The fraction of sp³-hybridized carbons (Fsp3) is 0.333. The van der Waals surface area contributed by atoms with E-state index in [-0.39, 0.29) is 0 Å². The van der Waals surface area contributed by atoms with Crippen LogP contribution in [0, 0.1) is 0 Å². The van der Waals surface area contributed by atoms with Gasteiger partial charge in [0.05, 0.1) is 0 Å². The summed E-state index contributed by atoms with van der Waals surface area (Å²) in [7, 11) is 0. The summed E-state index contributed by atoms with van der Waals surface area (Å²) in [6.07, 6.45) is 2.42. The van der Waals surface area contributed by atoms with Gasteiger partial charge in [-0.15, -0.1) is 0 Å². The van der Waals surface area contributed by atoms with Crippen molar-refractivity contribution in [1.29, 1.82) is 0 Å². The molecule has 2 aromatic rings. The standard InChI is InChI=1S/C18H24N2/c1-2-3-13-20(18-11-5-4-6-12-18)15-17-10-8-7-9-16(17)14-19/h4-12H,2-3,13-15,19H2,1H3. The third-order valence-electron chi connectivity index (χ3n) is 3.60. The molecule has 2 nitrogen and oxygen atoms in total. The van der Waals surface area contributed by atoms with Crippen LogP contribution < -0.4 is 10.6 Å². The van der Waals surface area contributed by atoms with E-state index >= 15 is 0 Å². The maximum atomic E-state index is 5.85. The summed E-state index contributed by atoms with van der Waals surface area (Å²) in [5.41, 5.74) is 9.70. The summed E-state index contributed by atoms with van der Waals surface area (Å²) in [5.74, 6) is 0. The lowest BCUT2D eigenvalue weighted by Gasteiger charge is -2.26. The average Bonchev–Trinajstić information content (AvgIpc) is 2.52. The van der Waals surface area contributed by atoms with Crippen molar-refractivity contribution < 1.29 is 0 Å². The predicted octanol–water partition coefficient (Wildman–Crippen LogP) is 3.95. The summed E-state index contributed by atoms with van der Waals surface area (Å²) < 4.78 is 0. The number of hydrogen-bond donors (Lipinski definition) is 1. The van der Waals surface area contributed by atoms with Crippen LogP contribution in [-0.4, -0.2) is 6.54 Å². The molecule has 0 aliphatic rings. The molecule has 0 aromatic heterocycles. The third kappa shape index (κ3) is 3.84. The van der Waals surface area contributed by atoms with Crippen LogP contribution in [0.3, 0.4) is 0 Å². The normalized spacial score (nSPS) is 10.5.